The van der Waals surface area contributed by atoms with Crippen LogP contribution in [0.25, 0.3) is 5.69 Å². The first-order valence-corrected chi connectivity index (χ1v) is 8.57. The van der Waals surface area contributed by atoms with Gasteiger partial charge in [-0.2, -0.15) is 26.3 Å². The molecule has 14 heteroatoms. The molecule has 4 rings (SSSR count). The maximum Gasteiger partial charge on any atom is 0.427 e. The van der Waals surface area contributed by atoms with E-state index in [0.717, 1.165) is 24.5 Å². The van der Waals surface area contributed by atoms with Crippen LogP contribution in [0, 0.1) is 5.82 Å². The summed E-state index contributed by atoms with van der Waals surface area (Å²) in [6, 6.07) is 6.30. The van der Waals surface area contributed by atoms with E-state index in [4.69, 9.17) is 4.42 Å². The Morgan fingerprint density at radius 3 is 2.19 bits per heavy atom. The lowest BCUT2D eigenvalue weighted by molar-refractivity contribution is -0.301. The van der Waals surface area contributed by atoms with E-state index in [2.05, 4.69) is 10.3 Å². The molecule has 1 aliphatic heterocycles. The molecule has 0 spiro atoms. The standard InChI is InChI=1S/C18H9F7N4O3/c19-8-4-1-2-5-9(8)29-13-11(14(30)27-15(29)31)16(17(20,21)22,18(23,24)25)28-12(26-13)10-6-3-7-32-10/h1-7H,(H,26,28)(H,27,30,31). The third-order valence-electron chi connectivity index (χ3n) is 4.66. The van der Waals surface area contributed by atoms with Crippen LogP contribution >= 0.6 is 0 Å². The highest BCUT2D eigenvalue weighted by atomic mass is 19.4. The minimum absolute atomic E-state index is 0.163. The van der Waals surface area contributed by atoms with E-state index in [-0.39, 0.29) is 4.57 Å². The van der Waals surface area contributed by atoms with Crippen molar-refractivity contribution in [2.45, 2.75) is 17.9 Å². The third-order valence-corrected chi connectivity index (χ3v) is 4.66. The molecule has 0 radical (unpaired) electrons. The molecule has 3 heterocycles. The number of hydrogen-bond acceptors (Lipinski definition) is 5. The maximum atomic E-state index is 14.4. The van der Waals surface area contributed by atoms with Gasteiger partial charge in [-0.05, 0) is 24.3 Å². The molecule has 0 amide bonds. The van der Waals surface area contributed by atoms with E-state index in [1.807, 2.05) is 0 Å². The van der Waals surface area contributed by atoms with E-state index < -0.39 is 63.6 Å². The average molecular weight is 462 g/mol. The van der Waals surface area contributed by atoms with Crippen LogP contribution in [0.2, 0.25) is 0 Å². The molecule has 0 fully saturated rings. The number of para-hydroxylation sites is 1. The molecule has 7 nitrogen and oxygen atoms in total. The van der Waals surface area contributed by atoms with Crippen molar-refractivity contribution in [1.29, 1.82) is 0 Å². The smallest absolute Gasteiger partial charge is 0.427 e. The van der Waals surface area contributed by atoms with Crippen molar-refractivity contribution in [3.63, 3.8) is 0 Å². The van der Waals surface area contributed by atoms with Crippen molar-refractivity contribution in [3.8, 4) is 5.69 Å². The molecule has 0 aliphatic carbocycles. The second kappa shape index (κ2) is 6.83. The highest BCUT2D eigenvalue weighted by Gasteiger charge is 2.75. The van der Waals surface area contributed by atoms with Gasteiger partial charge in [0.1, 0.15) is 17.2 Å². The predicted octanol–water partition coefficient (Wildman–Crippen LogP) is 3.45. The number of nitrogens with one attached hydrogen (secondary N) is 2. The van der Waals surface area contributed by atoms with Gasteiger partial charge in [0.05, 0.1) is 12.0 Å². The molecule has 1 aromatic carbocycles. The largest absolute Gasteiger partial charge is 0.461 e. The molecule has 2 N–H and O–H groups in total. The van der Waals surface area contributed by atoms with Crippen LogP contribution in [0.3, 0.4) is 0 Å². The van der Waals surface area contributed by atoms with Crippen LogP contribution in [-0.4, -0.2) is 27.7 Å². The quantitative estimate of drug-likeness (QED) is 0.571. The molecule has 1 aliphatic rings. The Morgan fingerprint density at radius 1 is 0.969 bits per heavy atom. The number of amidine groups is 1. The Kier molecular flexibility index (Phi) is 4.57. The van der Waals surface area contributed by atoms with Gasteiger partial charge in [-0.3, -0.25) is 9.78 Å². The Balaban J connectivity index is 2.21. The van der Waals surface area contributed by atoms with E-state index in [9.17, 15) is 40.3 Å². The second-order valence-corrected chi connectivity index (χ2v) is 6.54. The fraction of sp³-hybridized carbons (Fsp3) is 0.167. The minimum atomic E-state index is -6.19. The summed E-state index contributed by atoms with van der Waals surface area (Å²) in [5.74, 6) is -4.05. The van der Waals surface area contributed by atoms with Gasteiger partial charge in [0, 0.05) is 0 Å². The zero-order valence-corrected chi connectivity index (χ0v) is 15.3. The first kappa shape index (κ1) is 21.4. The molecular formula is C18H9F7N4O3. The monoisotopic (exact) mass is 462 g/mol. The van der Waals surface area contributed by atoms with Gasteiger partial charge in [0.15, 0.2) is 11.6 Å². The van der Waals surface area contributed by atoms with Crippen LogP contribution < -0.4 is 16.6 Å². The summed E-state index contributed by atoms with van der Waals surface area (Å²) in [4.78, 5) is 29.0. The van der Waals surface area contributed by atoms with Crippen molar-refractivity contribution in [1.82, 2.24) is 9.55 Å². The number of aliphatic imine (C=N–C) groups is 1. The molecule has 168 valence electrons. The number of furan rings is 1. The molecule has 32 heavy (non-hydrogen) atoms. The van der Waals surface area contributed by atoms with Gasteiger partial charge in [0.2, 0.25) is 0 Å². The van der Waals surface area contributed by atoms with Crippen molar-refractivity contribution < 1.29 is 35.2 Å². The summed E-state index contributed by atoms with van der Waals surface area (Å²) in [6.07, 6.45) is -11.4. The first-order chi connectivity index (χ1) is 14.9. The van der Waals surface area contributed by atoms with Gasteiger partial charge in [-0.15, -0.1) is 0 Å². The van der Waals surface area contributed by atoms with Gasteiger partial charge in [-0.25, -0.2) is 18.7 Å². The topological polar surface area (TPSA) is 92.4 Å². The average Bonchev–Trinajstić information content (AvgIpc) is 3.21. The number of hydrogen-bond donors (Lipinski definition) is 2. The molecule has 0 bridgehead atoms. The number of rotatable bonds is 2. The van der Waals surface area contributed by atoms with Crippen molar-refractivity contribution in [2.75, 3.05) is 5.32 Å². The van der Waals surface area contributed by atoms with Crippen molar-refractivity contribution >= 4 is 11.7 Å². The minimum Gasteiger partial charge on any atom is -0.461 e. The summed E-state index contributed by atoms with van der Waals surface area (Å²) < 4.78 is 104. The Hall–Kier alpha value is -3.84. The third kappa shape index (κ3) is 2.93. The van der Waals surface area contributed by atoms with Gasteiger partial charge >= 0.3 is 18.0 Å². The summed E-state index contributed by atoms with van der Waals surface area (Å²) in [5, 5.41) is 2.11. The summed E-state index contributed by atoms with van der Waals surface area (Å²) in [7, 11) is 0. The Labute approximate surface area is 171 Å². The van der Waals surface area contributed by atoms with E-state index in [1.54, 1.807) is 0 Å². The van der Waals surface area contributed by atoms with Gasteiger partial charge in [0.25, 0.3) is 11.1 Å². The zero-order valence-electron chi connectivity index (χ0n) is 15.3. The highest BCUT2D eigenvalue weighted by molar-refractivity contribution is 6.08. The number of fused-ring (bicyclic) bond motifs is 1. The van der Waals surface area contributed by atoms with E-state index in [0.29, 0.717) is 0 Å². The summed E-state index contributed by atoms with van der Waals surface area (Å²) >= 11 is 0. The van der Waals surface area contributed by atoms with Crippen LogP contribution in [0.1, 0.15) is 11.3 Å². The number of alkyl halides is 6. The lowest BCUT2D eigenvalue weighted by Gasteiger charge is -2.38. The number of anilines is 1. The van der Waals surface area contributed by atoms with E-state index >= 15 is 0 Å². The highest BCUT2D eigenvalue weighted by Crippen LogP contribution is 2.55. The SMILES string of the molecule is O=c1[nH]c(=O)n(-c2ccccc2F)c2c1C(C(F)(F)F)(C(F)(F)F)N=C(c1ccco1)N2. The molecule has 0 saturated carbocycles. The first-order valence-electron chi connectivity index (χ1n) is 8.57. The van der Waals surface area contributed by atoms with Crippen molar-refractivity contribution in [3.05, 3.63) is 80.6 Å². The molecule has 3 aromatic rings. The molecular weight excluding hydrogens is 453 g/mol. The molecule has 0 saturated heterocycles. The van der Waals surface area contributed by atoms with E-state index in [1.165, 1.54) is 23.2 Å². The fourth-order valence-corrected chi connectivity index (χ4v) is 3.32. The number of H-pyrrole nitrogens is 1. The van der Waals surface area contributed by atoms with Crippen LogP contribution in [0.5, 0.6) is 0 Å². The Morgan fingerprint density at radius 2 is 1.62 bits per heavy atom. The summed E-state index contributed by atoms with van der Waals surface area (Å²) in [6.45, 7) is 0. The lowest BCUT2D eigenvalue weighted by Crippen LogP contribution is -2.59. The van der Waals surface area contributed by atoms with Crippen LogP contribution in [0.4, 0.5) is 36.6 Å². The lowest BCUT2D eigenvalue weighted by atomic mass is 9.88. The summed E-state index contributed by atoms with van der Waals surface area (Å²) in [5.41, 5.74) is -11.3. The zero-order chi connectivity index (χ0) is 23.5. The number of aromatic amines is 1. The molecule has 2 aromatic heterocycles. The number of nitrogens with zero attached hydrogens (tertiary/aromatic N) is 2. The fourth-order valence-electron chi connectivity index (χ4n) is 3.32. The Bertz CT molecular complexity index is 1320. The number of halogens is 7. The van der Waals surface area contributed by atoms with Gasteiger partial charge in [-0.1, -0.05) is 12.1 Å². The molecule has 0 unspecified atom stereocenters. The number of benzene rings is 1. The molecule has 0 atom stereocenters. The maximum absolute atomic E-state index is 14.4. The van der Waals surface area contributed by atoms with Crippen LogP contribution in [0.15, 0.2) is 61.7 Å². The van der Waals surface area contributed by atoms with Crippen molar-refractivity contribution in [2.24, 2.45) is 4.99 Å². The van der Waals surface area contributed by atoms with Crippen LogP contribution in [-0.2, 0) is 5.54 Å². The number of aromatic nitrogens is 2. The van der Waals surface area contributed by atoms with Gasteiger partial charge < -0.3 is 9.73 Å². The normalized spacial score (nSPS) is 15.7. The predicted molar refractivity (Wildman–Crippen MR) is 95.3 cm³/mol. The second-order valence-electron chi connectivity index (χ2n) is 6.54.